The highest BCUT2D eigenvalue weighted by Gasteiger charge is 2.32. The highest BCUT2D eigenvalue weighted by atomic mass is 16.5. The molecule has 0 bridgehead atoms. The summed E-state index contributed by atoms with van der Waals surface area (Å²) in [5.41, 5.74) is 4.67. The predicted molar refractivity (Wildman–Crippen MR) is 127 cm³/mol. The number of ether oxygens (including phenoxy) is 1. The van der Waals surface area contributed by atoms with Crippen LogP contribution >= 0.6 is 0 Å². The van der Waals surface area contributed by atoms with Gasteiger partial charge in [-0.2, -0.15) is 0 Å². The third-order valence-corrected chi connectivity index (χ3v) is 6.78. The molecule has 0 aliphatic heterocycles. The van der Waals surface area contributed by atoms with Gasteiger partial charge in [0.25, 0.3) is 0 Å². The molecule has 0 spiro atoms. The molecular formula is C27H26N2O6. The molecule has 35 heavy (non-hydrogen) atoms. The Labute approximate surface area is 202 Å². The number of carboxylic acid groups (broad SMARTS) is 1. The van der Waals surface area contributed by atoms with E-state index in [0.29, 0.717) is 25.0 Å². The van der Waals surface area contributed by atoms with Crippen molar-refractivity contribution in [1.29, 1.82) is 0 Å². The smallest absolute Gasteiger partial charge is 0.407 e. The van der Waals surface area contributed by atoms with Gasteiger partial charge in [-0.15, -0.1) is 0 Å². The predicted octanol–water partition coefficient (Wildman–Crippen LogP) is 4.30. The minimum absolute atomic E-state index is 0.00139. The first-order chi connectivity index (χ1) is 17.0. The molecule has 2 aromatic carbocycles. The lowest BCUT2D eigenvalue weighted by molar-refractivity contribution is -0.125. The standard InChI is InChI=1S/C27H26N2O6/c30-25(28-14-18-11-12-24(35-18)26(31)32)16-9-10-17(13-16)29-27(33)34-15-23-21-7-3-1-5-19(21)20-6-2-4-8-22(20)23/h1-8,11-12,16-17,23H,9-10,13-15H2,(H,28,30)(H,29,33)(H,31,32)/t16-,17+/m1/s1. The topological polar surface area (TPSA) is 118 Å². The minimum atomic E-state index is -1.15. The SMILES string of the molecule is O=C(N[C@H]1CC[C@@H](C(=O)NCc2ccc(C(=O)O)o2)C1)OCC1c2ccccc2-c2ccccc21. The number of carboxylic acids is 1. The van der Waals surface area contributed by atoms with Crippen molar-refractivity contribution in [1.82, 2.24) is 10.6 Å². The molecule has 8 heteroatoms. The monoisotopic (exact) mass is 474 g/mol. The van der Waals surface area contributed by atoms with Gasteiger partial charge in [0.15, 0.2) is 0 Å². The lowest BCUT2D eigenvalue weighted by Crippen LogP contribution is -2.35. The second kappa shape index (κ2) is 9.66. The van der Waals surface area contributed by atoms with E-state index in [1.165, 1.54) is 23.3 Å². The Bertz CT molecular complexity index is 1220. The summed E-state index contributed by atoms with van der Waals surface area (Å²) in [6, 6.07) is 19.1. The van der Waals surface area contributed by atoms with Crippen LogP contribution in [0.5, 0.6) is 0 Å². The Kier molecular flexibility index (Phi) is 6.27. The number of rotatable bonds is 7. The molecule has 3 aromatic rings. The number of furan rings is 1. The normalized spacial score (nSPS) is 18.5. The maximum absolute atomic E-state index is 12.5. The third kappa shape index (κ3) is 4.77. The van der Waals surface area contributed by atoms with Crippen molar-refractivity contribution >= 4 is 18.0 Å². The van der Waals surface area contributed by atoms with Crippen LogP contribution in [0.25, 0.3) is 11.1 Å². The molecule has 8 nitrogen and oxygen atoms in total. The van der Waals surface area contributed by atoms with E-state index in [0.717, 1.165) is 11.1 Å². The highest BCUT2D eigenvalue weighted by molar-refractivity contribution is 5.84. The molecule has 1 fully saturated rings. The number of nitrogens with one attached hydrogen (secondary N) is 2. The van der Waals surface area contributed by atoms with Gasteiger partial charge in [-0.1, -0.05) is 48.5 Å². The number of alkyl carbamates (subject to hydrolysis) is 1. The van der Waals surface area contributed by atoms with Gasteiger partial charge in [0.2, 0.25) is 11.7 Å². The fourth-order valence-corrected chi connectivity index (χ4v) is 5.06. The van der Waals surface area contributed by atoms with Gasteiger partial charge in [0.1, 0.15) is 12.4 Å². The number of fused-ring (bicyclic) bond motifs is 3. The number of aromatic carboxylic acids is 1. The molecular weight excluding hydrogens is 448 g/mol. The number of amides is 2. The van der Waals surface area contributed by atoms with E-state index < -0.39 is 12.1 Å². The average Bonchev–Trinajstić information content (AvgIpc) is 3.59. The summed E-state index contributed by atoms with van der Waals surface area (Å²) >= 11 is 0. The van der Waals surface area contributed by atoms with Gasteiger partial charge < -0.3 is 24.9 Å². The summed E-state index contributed by atoms with van der Waals surface area (Å²) in [5.74, 6) is -1.32. The molecule has 0 radical (unpaired) electrons. The van der Waals surface area contributed by atoms with Crippen LogP contribution in [0.1, 0.15) is 52.6 Å². The first-order valence-corrected chi connectivity index (χ1v) is 11.7. The molecule has 2 atom stereocenters. The number of benzene rings is 2. The molecule has 5 rings (SSSR count). The fraction of sp³-hybridized carbons (Fsp3) is 0.296. The zero-order valence-corrected chi connectivity index (χ0v) is 19.0. The Morgan fingerprint density at radius 1 is 0.943 bits per heavy atom. The molecule has 180 valence electrons. The summed E-state index contributed by atoms with van der Waals surface area (Å²) in [6.07, 6.45) is 1.38. The second-order valence-electron chi connectivity index (χ2n) is 8.97. The Hall–Kier alpha value is -4.07. The van der Waals surface area contributed by atoms with E-state index in [1.807, 2.05) is 24.3 Å². The van der Waals surface area contributed by atoms with Gasteiger partial charge in [-0.05, 0) is 53.6 Å². The van der Waals surface area contributed by atoms with E-state index in [1.54, 1.807) is 0 Å². The molecule has 1 aromatic heterocycles. The largest absolute Gasteiger partial charge is 0.475 e. The number of hydrogen-bond donors (Lipinski definition) is 3. The van der Waals surface area contributed by atoms with E-state index in [9.17, 15) is 14.4 Å². The van der Waals surface area contributed by atoms with Crippen LogP contribution in [-0.2, 0) is 16.1 Å². The minimum Gasteiger partial charge on any atom is -0.475 e. The summed E-state index contributed by atoms with van der Waals surface area (Å²) in [7, 11) is 0. The summed E-state index contributed by atoms with van der Waals surface area (Å²) in [6.45, 7) is 0.366. The number of carbonyl (C=O) groups excluding carboxylic acids is 2. The van der Waals surface area contributed by atoms with Crippen LogP contribution in [-0.4, -0.2) is 35.7 Å². The van der Waals surface area contributed by atoms with Crippen molar-refractivity contribution in [2.45, 2.75) is 37.8 Å². The van der Waals surface area contributed by atoms with Crippen LogP contribution in [0.15, 0.2) is 65.1 Å². The van der Waals surface area contributed by atoms with Gasteiger partial charge in [-0.3, -0.25) is 4.79 Å². The maximum Gasteiger partial charge on any atom is 0.407 e. The summed E-state index contributed by atoms with van der Waals surface area (Å²) < 4.78 is 10.8. The highest BCUT2D eigenvalue weighted by Crippen LogP contribution is 2.44. The van der Waals surface area contributed by atoms with Crippen LogP contribution in [0.4, 0.5) is 4.79 Å². The number of carbonyl (C=O) groups is 3. The molecule has 0 saturated heterocycles. The van der Waals surface area contributed by atoms with Gasteiger partial charge >= 0.3 is 12.1 Å². The molecule has 1 saturated carbocycles. The van der Waals surface area contributed by atoms with Gasteiger partial charge in [0.05, 0.1) is 6.54 Å². The van der Waals surface area contributed by atoms with Crippen molar-refractivity contribution in [3.05, 3.63) is 83.3 Å². The quantitative estimate of drug-likeness (QED) is 0.470. The molecule has 1 heterocycles. The van der Waals surface area contributed by atoms with Crippen molar-refractivity contribution in [3.63, 3.8) is 0 Å². The van der Waals surface area contributed by atoms with Crippen molar-refractivity contribution < 1.29 is 28.6 Å². The van der Waals surface area contributed by atoms with Crippen LogP contribution in [0, 0.1) is 5.92 Å². The molecule has 3 N–H and O–H groups in total. The third-order valence-electron chi connectivity index (χ3n) is 6.78. The van der Waals surface area contributed by atoms with Gasteiger partial charge in [0, 0.05) is 17.9 Å². The van der Waals surface area contributed by atoms with Crippen molar-refractivity contribution in [2.75, 3.05) is 6.61 Å². The van der Waals surface area contributed by atoms with E-state index in [-0.39, 0.29) is 42.7 Å². The summed E-state index contributed by atoms with van der Waals surface area (Å²) in [5, 5.41) is 14.6. The van der Waals surface area contributed by atoms with Gasteiger partial charge in [-0.25, -0.2) is 9.59 Å². The fourth-order valence-electron chi connectivity index (χ4n) is 5.06. The Balaban J connectivity index is 1.10. The van der Waals surface area contributed by atoms with E-state index in [2.05, 4.69) is 34.9 Å². The first kappa shape index (κ1) is 22.7. The lowest BCUT2D eigenvalue weighted by atomic mass is 9.98. The van der Waals surface area contributed by atoms with E-state index >= 15 is 0 Å². The van der Waals surface area contributed by atoms with Crippen LogP contribution < -0.4 is 10.6 Å². The second-order valence-corrected chi connectivity index (χ2v) is 8.97. The van der Waals surface area contributed by atoms with Crippen LogP contribution in [0.3, 0.4) is 0 Å². The molecule has 2 amide bonds. The Morgan fingerprint density at radius 3 is 2.29 bits per heavy atom. The summed E-state index contributed by atoms with van der Waals surface area (Å²) in [4.78, 5) is 35.9. The zero-order valence-electron chi connectivity index (χ0n) is 19.0. The zero-order chi connectivity index (χ0) is 24.4. The molecule has 2 aliphatic rings. The Morgan fingerprint density at radius 2 is 1.63 bits per heavy atom. The molecule has 2 aliphatic carbocycles. The van der Waals surface area contributed by atoms with E-state index in [4.69, 9.17) is 14.3 Å². The first-order valence-electron chi connectivity index (χ1n) is 11.7. The number of hydrogen-bond acceptors (Lipinski definition) is 5. The molecule has 0 unspecified atom stereocenters. The van der Waals surface area contributed by atoms with Crippen molar-refractivity contribution in [3.8, 4) is 11.1 Å². The van der Waals surface area contributed by atoms with Crippen LogP contribution in [0.2, 0.25) is 0 Å². The lowest BCUT2D eigenvalue weighted by Gasteiger charge is -2.17. The maximum atomic E-state index is 12.5. The average molecular weight is 475 g/mol. The van der Waals surface area contributed by atoms with Crippen molar-refractivity contribution in [2.24, 2.45) is 5.92 Å².